The molecule has 2 aliphatic rings. The van der Waals surface area contributed by atoms with Crippen molar-refractivity contribution in [3.05, 3.63) is 77.2 Å². The third-order valence-corrected chi connectivity index (χ3v) is 6.88. The lowest BCUT2D eigenvalue weighted by atomic mass is 10.1. The number of hydrogen-bond acceptors (Lipinski definition) is 5. The number of ether oxygens (including phenoxy) is 1. The maximum atomic E-state index is 12.6. The van der Waals surface area contributed by atoms with Crippen LogP contribution in [0.15, 0.2) is 76.6 Å². The summed E-state index contributed by atoms with van der Waals surface area (Å²) in [6.07, 6.45) is 1.97. The first-order valence-corrected chi connectivity index (χ1v) is 12.2. The van der Waals surface area contributed by atoms with Gasteiger partial charge in [0, 0.05) is 42.8 Å². The fraction of sp³-hybridized carbons (Fsp3) is 0.259. The molecule has 0 atom stereocenters. The minimum Gasteiger partial charge on any atom is -0.490 e. The van der Waals surface area contributed by atoms with E-state index in [0.29, 0.717) is 4.91 Å². The molecular weight excluding hydrogens is 430 g/mol. The van der Waals surface area contributed by atoms with Crippen LogP contribution in [0.25, 0.3) is 16.8 Å². The highest BCUT2D eigenvalue weighted by atomic mass is 32.2. The van der Waals surface area contributed by atoms with Gasteiger partial charge in [0.05, 0.1) is 11.0 Å². The van der Waals surface area contributed by atoms with E-state index in [2.05, 4.69) is 57.3 Å². The number of benzene rings is 3. The molecule has 1 fully saturated rings. The van der Waals surface area contributed by atoms with E-state index in [4.69, 9.17) is 4.74 Å². The highest BCUT2D eigenvalue weighted by Gasteiger charge is 2.29. The molecule has 5 nitrogen and oxygen atoms in total. The number of amidine groups is 1. The molecule has 3 aromatic carbocycles. The minimum atomic E-state index is -0.175. The van der Waals surface area contributed by atoms with Gasteiger partial charge in [0.15, 0.2) is 5.17 Å². The summed E-state index contributed by atoms with van der Waals surface area (Å²) in [5.74, 6) is 0.608. The molecular formula is C27H27N3O2S. The van der Waals surface area contributed by atoms with Gasteiger partial charge in [-0.1, -0.05) is 54.6 Å². The monoisotopic (exact) mass is 457 g/mol. The maximum absolute atomic E-state index is 12.6. The Labute approximate surface area is 198 Å². The van der Waals surface area contributed by atoms with Crippen LogP contribution in [0.1, 0.15) is 19.4 Å². The second-order valence-electron chi connectivity index (χ2n) is 8.49. The summed E-state index contributed by atoms with van der Waals surface area (Å²) < 4.78 is 5.90. The first-order valence-electron chi connectivity index (χ1n) is 11.3. The Balaban J connectivity index is 1.28. The Morgan fingerprint density at radius 3 is 2.42 bits per heavy atom. The number of para-hydroxylation sites is 1. The van der Waals surface area contributed by atoms with Crippen LogP contribution >= 0.6 is 11.8 Å². The number of anilines is 1. The Morgan fingerprint density at radius 2 is 1.61 bits per heavy atom. The van der Waals surface area contributed by atoms with Crippen LogP contribution in [0, 0.1) is 0 Å². The first kappa shape index (κ1) is 21.6. The Morgan fingerprint density at radius 1 is 0.909 bits per heavy atom. The highest BCUT2D eigenvalue weighted by molar-refractivity contribution is 8.18. The van der Waals surface area contributed by atoms with Crippen molar-refractivity contribution < 1.29 is 9.53 Å². The Hall–Kier alpha value is -3.25. The molecule has 0 bridgehead atoms. The van der Waals surface area contributed by atoms with E-state index in [0.717, 1.165) is 42.7 Å². The molecule has 1 saturated heterocycles. The molecule has 0 aliphatic carbocycles. The van der Waals surface area contributed by atoms with Crippen molar-refractivity contribution in [2.45, 2.75) is 20.0 Å². The Bertz CT molecular complexity index is 1240. The summed E-state index contributed by atoms with van der Waals surface area (Å²) in [5, 5.41) is 3.34. The van der Waals surface area contributed by atoms with E-state index in [-0.39, 0.29) is 12.0 Å². The lowest BCUT2D eigenvalue weighted by molar-refractivity contribution is -0.113. The molecule has 33 heavy (non-hydrogen) atoms. The highest BCUT2D eigenvalue weighted by Crippen LogP contribution is 2.34. The average Bonchev–Trinajstić information content (AvgIpc) is 3.20. The van der Waals surface area contributed by atoms with Gasteiger partial charge >= 0.3 is 0 Å². The molecule has 1 amide bonds. The first-order chi connectivity index (χ1) is 16.1. The smallest absolute Gasteiger partial charge is 0.286 e. The summed E-state index contributed by atoms with van der Waals surface area (Å²) in [5.41, 5.74) is 2.17. The van der Waals surface area contributed by atoms with Crippen molar-refractivity contribution in [3.8, 4) is 5.75 Å². The number of piperazine rings is 1. The number of thioether (sulfide) groups is 1. The van der Waals surface area contributed by atoms with Crippen molar-refractivity contribution in [2.24, 2.45) is 4.99 Å². The minimum absolute atomic E-state index is 0.0707. The number of nitrogens with zero attached hydrogens (tertiary/aromatic N) is 3. The molecule has 5 rings (SSSR count). The molecule has 3 aromatic rings. The molecule has 0 N–H and O–H groups in total. The fourth-order valence-electron chi connectivity index (χ4n) is 4.26. The van der Waals surface area contributed by atoms with E-state index in [9.17, 15) is 4.79 Å². The van der Waals surface area contributed by atoms with Gasteiger partial charge in [-0.25, -0.2) is 0 Å². The van der Waals surface area contributed by atoms with Crippen LogP contribution in [-0.4, -0.2) is 48.3 Å². The third-order valence-electron chi connectivity index (χ3n) is 5.83. The van der Waals surface area contributed by atoms with E-state index >= 15 is 0 Å². The standard InChI is InChI=1S/C27H27N3O2S/c1-19(2)32-24-13-6-4-9-21(24)18-25-26(31)28-27(33-25)30-16-14-29(15-17-30)23-12-7-10-20-8-3-5-11-22(20)23/h3-13,18-19H,14-17H2,1-2H3. The van der Waals surface area contributed by atoms with Gasteiger partial charge in [-0.15, -0.1) is 0 Å². The number of carbonyl (C=O) groups is 1. The van der Waals surface area contributed by atoms with Gasteiger partial charge in [0.25, 0.3) is 5.91 Å². The summed E-state index contributed by atoms with van der Waals surface area (Å²) in [6.45, 7) is 7.46. The number of rotatable bonds is 4. The van der Waals surface area contributed by atoms with Crippen molar-refractivity contribution in [2.75, 3.05) is 31.1 Å². The van der Waals surface area contributed by atoms with E-state index in [1.807, 2.05) is 44.2 Å². The molecule has 2 heterocycles. The molecule has 0 radical (unpaired) electrons. The lowest BCUT2D eigenvalue weighted by Gasteiger charge is -2.37. The molecule has 0 saturated carbocycles. The quantitative estimate of drug-likeness (QED) is 0.490. The van der Waals surface area contributed by atoms with Crippen LogP contribution in [0.3, 0.4) is 0 Å². The number of amides is 1. The topological polar surface area (TPSA) is 45.1 Å². The number of fused-ring (bicyclic) bond motifs is 1. The van der Waals surface area contributed by atoms with Crippen LogP contribution < -0.4 is 9.64 Å². The van der Waals surface area contributed by atoms with Gasteiger partial charge in [-0.2, -0.15) is 4.99 Å². The van der Waals surface area contributed by atoms with Gasteiger partial charge in [0.1, 0.15) is 5.75 Å². The largest absolute Gasteiger partial charge is 0.490 e. The zero-order chi connectivity index (χ0) is 22.8. The second kappa shape index (κ2) is 9.32. The van der Waals surface area contributed by atoms with Crippen LogP contribution in [-0.2, 0) is 4.79 Å². The third kappa shape index (κ3) is 4.62. The number of aliphatic imine (C=N–C) groups is 1. The molecule has 0 spiro atoms. The SMILES string of the molecule is CC(C)Oc1ccccc1C=C1SC(N2CCN(c3cccc4ccccc34)CC2)=NC1=O. The summed E-state index contributed by atoms with van der Waals surface area (Å²) >= 11 is 1.46. The maximum Gasteiger partial charge on any atom is 0.286 e. The summed E-state index contributed by atoms with van der Waals surface area (Å²) in [4.78, 5) is 22.3. The molecule has 6 heteroatoms. The van der Waals surface area contributed by atoms with E-state index in [1.165, 1.54) is 28.2 Å². The van der Waals surface area contributed by atoms with E-state index < -0.39 is 0 Å². The van der Waals surface area contributed by atoms with Crippen molar-refractivity contribution >= 4 is 45.4 Å². The summed E-state index contributed by atoms with van der Waals surface area (Å²) in [6, 6.07) is 22.8. The van der Waals surface area contributed by atoms with Crippen molar-refractivity contribution in [3.63, 3.8) is 0 Å². The fourth-order valence-corrected chi connectivity index (χ4v) is 5.21. The lowest BCUT2D eigenvalue weighted by Crippen LogP contribution is -2.47. The van der Waals surface area contributed by atoms with Gasteiger partial charge < -0.3 is 14.5 Å². The van der Waals surface area contributed by atoms with E-state index in [1.54, 1.807) is 0 Å². The average molecular weight is 458 g/mol. The van der Waals surface area contributed by atoms with Crippen molar-refractivity contribution in [1.29, 1.82) is 0 Å². The van der Waals surface area contributed by atoms with Gasteiger partial charge in [-0.3, -0.25) is 4.79 Å². The van der Waals surface area contributed by atoms with Crippen LogP contribution in [0.2, 0.25) is 0 Å². The molecule has 0 unspecified atom stereocenters. The van der Waals surface area contributed by atoms with Gasteiger partial charge in [-0.05, 0) is 49.2 Å². The number of carbonyl (C=O) groups excluding carboxylic acids is 1. The van der Waals surface area contributed by atoms with Crippen LogP contribution in [0.4, 0.5) is 5.69 Å². The zero-order valence-corrected chi connectivity index (χ0v) is 19.7. The summed E-state index contributed by atoms with van der Waals surface area (Å²) in [7, 11) is 0. The Kier molecular flexibility index (Phi) is 6.09. The zero-order valence-electron chi connectivity index (χ0n) is 18.9. The molecule has 2 aliphatic heterocycles. The van der Waals surface area contributed by atoms with Gasteiger partial charge in [0.2, 0.25) is 0 Å². The predicted molar refractivity (Wildman–Crippen MR) is 138 cm³/mol. The predicted octanol–water partition coefficient (Wildman–Crippen LogP) is 5.42. The normalized spacial score (nSPS) is 17.8. The molecule has 168 valence electrons. The van der Waals surface area contributed by atoms with Crippen LogP contribution in [0.5, 0.6) is 5.75 Å². The number of hydrogen-bond donors (Lipinski definition) is 0. The second-order valence-corrected chi connectivity index (χ2v) is 9.50. The molecule has 0 aromatic heterocycles. The van der Waals surface area contributed by atoms with Crippen molar-refractivity contribution in [1.82, 2.24) is 4.90 Å².